The Labute approximate surface area is 569 Å². The van der Waals surface area contributed by atoms with Crippen LogP contribution in [0.4, 0.5) is 0 Å². The minimum Gasteiger partial charge on any atom is -0.480 e. The molecule has 3 rings (SSSR count). The highest BCUT2D eigenvalue weighted by Crippen LogP contribution is 2.16. The van der Waals surface area contributed by atoms with E-state index in [2.05, 4.69) is 86.1 Å². The highest BCUT2D eigenvalue weighted by Gasteiger charge is 2.38. The molecule has 0 saturated carbocycles. The number of rotatable bonds is 43. The first-order valence-electron chi connectivity index (χ1n) is 32.1. The maximum absolute atomic E-state index is 15.0. The van der Waals surface area contributed by atoms with Crippen LogP contribution >= 0.6 is 12.6 Å². The number of benzene rings is 2. The molecule has 3 aromatic rings. The van der Waals surface area contributed by atoms with Crippen molar-refractivity contribution in [1.82, 2.24) is 68.5 Å². The third-order valence-corrected chi connectivity index (χ3v) is 15.6. The van der Waals surface area contributed by atoms with E-state index in [9.17, 15) is 67.4 Å². The molecule has 0 aliphatic carbocycles. The highest BCUT2D eigenvalue weighted by molar-refractivity contribution is 7.80. The van der Waals surface area contributed by atoms with E-state index >= 15 is 0 Å². The summed E-state index contributed by atoms with van der Waals surface area (Å²) in [5, 5.41) is 38.4. The van der Waals surface area contributed by atoms with Crippen molar-refractivity contribution in [3.05, 3.63) is 90.0 Å². The van der Waals surface area contributed by atoms with E-state index in [1.165, 1.54) is 12.5 Å². The highest BCUT2D eigenvalue weighted by atomic mass is 32.1. The molecule has 32 nitrogen and oxygen atoms in total. The Morgan fingerprint density at radius 2 is 0.979 bits per heavy atom. The van der Waals surface area contributed by atoms with Crippen molar-refractivity contribution in [2.75, 3.05) is 25.4 Å². The lowest BCUT2D eigenvalue weighted by Crippen LogP contribution is -2.62. The standard InChI is InChI=1S/C64H98N18O14S/c1-9-37(8)53(82-58(90)42(23-34(2)3)77-61(93)52(36(6)7)81-59(91)46(28-49(66)83)73-51(85)31-71-50(84)29-65)62(94)78-44(26-39-19-14-11-15-20-39)56(88)76-45(27-40-30-69-33-72-40)57(89)75-43(25-38-17-12-10-13-18-38)55(87)74-41(21-16-22-70-64(67)68)54(86)80-48(32-97)60(92)79-47(63(95)96)24-35(4)5/h10-15,17-20,30,33-37,41-48,52-53,97H,9,16,21-29,31-32,65H2,1-8H3,(H2,66,83)(H,69,72)(H,71,84)(H,73,85)(H,74,87)(H,75,89)(H,76,88)(H,77,93)(H,78,94)(H,79,92)(H,80,86)(H,81,91)(H,82,90)(H,95,96)(H4,67,68,70)/t37-,41-,42-,43-,44-,45-,46-,47-,48-,52-,53-/m0/s1. The quantitative estimate of drug-likeness (QED) is 0.0117. The van der Waals surface area contributed by atoms with Gasteiger partial charge in [0, 0.05) is 43.5 Å². The molecule has 1 aromatic heterocycles. The lowest BCUT2D eigenvalue weighted by atomic mass is 9.95. The van der Waals surface area contributed by atoms with Crippen molar-refractivity contribution in [1.29, 1.82) is 0 Å². The third kappa shape index (κ3) is 29.9. The van der Waals surface area contributed by atoms with Gasteiger partial charge in [-0.1, -0.05) is 122 Å². The van der Waals surface area contributed by atoms with Gasteiger partial charge in [0.2, 0.25) is 70.9 Å². The van der Waals surface area contributed by atoms with Crippen molar-refractivity contribution in [2.24, 2.45) is 51.6 Å². The largest absolute Gasteiger partial charge is 0.480 e. The summed E-state index contributed by atoms with van der Waals surface area (Å²) < 4.78 is 0. The molecule has 21 N–H and O–H groups in total. The number of carboxylic acid groups (broad SMARTS) is 1. The lowest BCUT2D eigenvalue weighted by molar-refractivity contribution is -0.142. The molecule has 33 heteroatoms. The number of aliphatic imine (C=N–C) groups is 1. The summed E-state index contributed by atoms with van der Waals surface area (Å²) in [7, 11) is 0. The van der Waals surface area contributed by atoms with E-state index in [4.69, 9.17) is 22.9 Å². The molecule has 0 bridgehead atoms. The molecular formula is C64H98N18O14S. The predicted molar refractivity (Wildman–Crippen MR) is 362 cm³/mol. The Bertz CT molecular complexity index is 3140. The number of thiol groups is 1. The summed E-state index contributed by atoms with van der Waals surface area (Å²) in [4.78, 5) is 189. The zero-order valence-electron chi connectivity index (χ0n) is 56.1. The van der Waals surface area contributed by atoms with Gasteiger partial charge in [0.05, 0.1) is 25.8 Å². The van der Waals surface area contributed by atoms with Gasteiger partial charge in [0.1, 0.15) is 60.4 Å². The number of nitrogens with one attached hydrogen (secondary N) is 12. The fourth-order valence-electron chi connectivity index (χ4n) is 9.84. The number of aromatic nitrogens is 2. The second-order valence-electron chi connectivity index (χ2n) is 24.7. The summed E-state index contributed by atoms with van der Waals surface area (Å²) >= 11 is 4.25. The maximum atomic E-state index is 15.0. The van der Waals surface area contributed by atoms with Gasteiger partial charge in [0.25, 0.3) is 0 Å². The fourth-order valence-corrected chi connectivity index (χ4v) is 10.1. The van der Waals surface area contributed by atoms with Crippen LogP contribution in [0.1, 0.15) is 111 Å². The van der Waals surface area contributed by atoms with E-state index in [1.807, 2.05) is 0 Å². The predicted octanol–water partition coefficient (Wildman–Crippen LogP) is -2.90. The Morgan fingerprint density at radius 3 is 1.45 bits per heavy atom. The molecule has 0 aliphatic rings. The topological polar surface area (TPSA) is 520 Å². The first-order valence-corrected chi connectivity index (χ1v) is 32.7. The van der Waals surface area contributed by atoms with Crippen molar-refractivity contribution < 1.29 is 67.4 Å². The number of carbonyl (C=O) groups excluding carboxylic acids is 12. The zero-order valence-corrected chi connectivity index (χ0v) is 57.0. The van der Waals surface area contributed by atoms with Crippen LogP contribution in [-0.2, 0) is 81.6 Å². The number of imidazole rings is 1. The average Bonchev–Trinajstić information content (AvgIpc) is 1.18. The molecule has 12 amide bonds. The minimum absolute atomic E-state index is 0.0192. The number of hydrogen-bond acceptors (Lipinski definition) is 17. The number of guanidine groups is 1. The van der Waals surface area contributed by atoms with Crippen LogP contribution < -0.4 is 81.4 Å². The van der Waals surface area contributed by atoms with Crippen LogP contribution in [-0.4, -0.2) is 184 Å². The second kappa shape index (κ2) is 42.0. The third-order valence-electron chi connectivity index (χ3n) is 15.2. The monoisotopic (exact) mass is 1370 g/mol. The summed E-state index contributed by atoms with van der Waals surface area (Å²) in [6.07, 6.45) is 1.95. The van der Waals surface area contributed by atoms with Gasteiger partial charge in [-0.05, 0) is 60.5 Å². The molecule has 0 aliphatic heterocycles. The zero-order chi connectivity index (χ0) is 72.5. The smallest absolute Gasteiger partial charge is 0.326 e. The number of carbonyl (C=O) groups is 13. The average molecular weight is 1380 g/mol. The molecule has 1 heterocycles. The summed E-state index contributed by atoms with van der Waals surface area (Å²) in [6, 6.07) is 2.98. The number of aromatic amines is 1. The van der Waals surface area contributed by atoms with Gasteiger partial charge in [-0.3, -0.25) is 62.5 Å². The number of hydrogen-bond donors (Lipinski definition) is 18. The molecule has 534 valence electrons. The Balaban J connectivity index is 2.02. The number of aliphatic carboxylic acids is 1. The van der Waals surface area contributed by atoms with E-state index in [0.29, 0.717) is 23.2 Å². The van der Waals surface area contributed by atoms with E-state index < -0.39 is 169 Å². The second-order valence-corrected chi connectivity index (χ2v) is 25.1. The number of nitrogens with two attached hydrogens (primary N) is 4. The van der Waals surface area contributed by atoms with Gasteiger partial charge >= 0.3 is 5.97 Å². The van der Waals surface area contributed by atoms with Gasteiger partial charge in [0.15, 0.2) is 5.96 Å². The number of H-pyrrole nitrogens is 1. The Kier molecular flexibility index (Phi) is 35.3. The SMILES string of the molecule is CC[C@H](C)[C@H](NC(=O)[C@H](CC(C)C)NC(=O)[C@@H](NC(=O)[C@H](CC(N)=O)NC(=O)CNC(=O)CN)C(C)C)C(=O)N[C@@H](Cc1ccccc1)C(=O)N[C@@H](Cc1cnc[nH]1)C(=O)N[C@@H](Cc1ccccc1)C(=O)N[C@@H](CCCN=C(N)N)C(=O)N[C@@H](CS)C(=O)N[C@@H](CC(C)C)C(=O)O. The van der Waals surface area contributed by atoms with E-state index in [1.54, 1.807) is 116 Å². The van der Waals surface area contributed by atoms with Crippen LogP contribution in [0.5, 0.6) is 0 Å². The van der Waals surface area contributed by atoms with Crippen LogP contribution in [0, 0.1) is 23.7 Å². The summed E-state index contributed by atoms with van der Waals surface area (Å²) in [6.45, 7) is 12.8. The van der Waals surface area contributed by atoms with Gasteiger partial charge in [-0.25, -0.2) is 9.78 Å². The molecule has 0 radical (unpaired) electrons. The van der Waals surface area contributed by atoms with Crippen molar-refractivity contribution in [2.45, 2.75) is 174 Å². The van der Waals surface area contributed by atoms with Gasteiger partial charge < -0.3 is 91.5 Å². The Morgan fingerprint density at radius 1 is 0.536 bits per heavy atom. The van der Waals surface area contributed by atoms with Crippen molar-refractivity contribution in [3.63, 3.8) is 0 Å². The van der Waals surface area contributed by atoms with Gasteiger partial charge in [-0.2, -0.15) is 12.6 Å². The van der Waals surface area contributed by atoms with E-state index in [-0.39, 0.29) is 75.0 Å². The first kappa shape index (κ1) is 81.6. The molecule has 0 unspecified atom stereocenters. The van der Waals surface area contributed by atoms with Crippen molar-refractivity contribution >= 4 is 95.4 Å². The summed E-state index contributed by atoms with van der Waals surface area (Å²) in [5.41, 5.74) is 23.3. The van der Waals surface area contributed by atoms with Crippen LogP contribution in [0.2, 0.25) is 0 Å². The van der Waals surface area contributed by atoms with E-state index in [0.717, 1.165) is 0 Å². The van der Waals surface area contributed by atoms with Crippen LogP contribution in [0.25, 0.3) is 0 Å². The molecule has 0 saturated heterocycles. The molecule has 97 heavy (non-hydrogen) atoms. The fraction of sp³-hybridized carbons (Fsp3) is 0.547. The number of amides is 12. The molecule has 11 atom stereocenters. The number of carboxylic acids is 1. The van der Waals surface area contributed by atoms with Crippen LogP contribution in [0.3, 0.4) is 0 Å². The molecule has 2 aromatic carbocycles. The molecule has 0 fully saturated rings. The Hall–Kier alpha value is -9.66. The lowest BCUT2D eigenvalue weighted by Gasteiger charge is -2.31. The van der Waals surface area contributed by atoms with Gasteiger partial charge in [-0.15, -0.1) is 0 Å². The molecule has 0 spiro atoms. The first-order chi connectivity index (χ1) is 45.8. The molecular weight excluding hydrogens is 1280 g/mol. The van der Waals surface area contributed by atoms with Crippen LogP contribution in [0.15, 0.2) is 78.2 Å². The minimum atomic E-state index is -1.58. The maximum Gasteiger partial charge on any atom is 0.326 e. The number of primary amides is 1. The number of nitrogens with zero attached hydrogens (tertiary/aromatic N) is 2. The van der Waals surface area contributed by atoms with Crippen molar-refractivity contribution in [3.8, 4) is 0 Å². The normalized spacial score (nSPS) is 14.5. The summed E-state index contributed by atoms with van der Waals surface area (Å²) in [5.74, 6) is -13.8.